The van der Waals surface area contributed by atoms with Crippen LogP contribution in [0.15, 0.2) is 83.7 Å². The Balaban J connectivity index is 1.80. The van der Waals surface area contributed by atoms with Gasteiger partial charge in [0, 0.05) is 10.8 Å². The van der Waals surface area contributed by atoms with Crippen LogP contribution < -0.4 is 10.5 Å². The zero-order valence-electron chi connectivity index (χ0n) is 18.3. The molecular weight excluding hydrogens is 464 g/mol. The van der Waals surface area contributed by atoms with E-state index in [4.69, 9.17) is 4.74 Å². The van der Waals surface area contributed by atoms with Crippen molar-refractivity contribution in [3.8, 4) is 5.69 Å². The minimum absolute atomic E-state index is 0.0671. The van der Waals surface area contributed by atoms with Gasteiger partial charge in [0.05, 0.1) is 29.6 Å². The average molecular weight is 481 g/mol. The van der Waals surface area contributed by atoms with E-state index in [9.17, 15) is 19.2 Å². The van der Waals surface area contributed by atoms with Gasteiger partial charge < -0.3 is 4.74 Å². The molecule has 0 atom stereocenters. The van der Waals surface area contributed by atoms with Crippen molar-refractivity contribution in [3.63, 3.8) is 0 Å². The molecule has 170 valence electrons. The number of nitrogens with zero attached hydrogens (tertiary/aromatic N) is 2. The number of fused-ring (bicyclic) bond motifs is 4. The lowest BCUT2D eigenvalue weighted by Gasteiger charge is -2.16. The number of hydrogen-bond donors (Lipinski definition) is 0. The van der Waals surface area contributed by atoms with Crippen molar-refractivity contribution in [3.05, 3.63) is 105 Å². The lowest BCUT2D eigenvalue weighted by atomic mass is 10.1. The predicted molar refractivity (Wildman–Crippen MR) is 134 cm³/mol. The molecule has 6 rings (SSSR count). The summed E-state index contributed by atoms with van der Waals surface area (Å²) in [6, 6.07) is 22.5. The van der Waals surface area contributed by atoms with Gasteiger partial charge in [-0.05, 0) is 35.7 Å². The number of para-hydroxylation sites is 1. The number of amides is 2. The monoisotopic (exact) mass is 480 g/mol. The zero-order valence-corrected chi connectivity index (χ0v) is 19.2. The van der Waals surface area contributed by atoms with Gasteiger partial charge in [-0.3, -0.25) is 19.0 Å². The highest BCUT2D eigenvalue weighted by Crippen LogP contribution is 2.45. The highest BCUT2D eigenvalue weighted by atomic mass is 32.1. The number of carbonyl (C=O) groups excluding carboxylic acids is 3. The van der Waals surface area contributed by atoms with E-state index in [0.29, 0.717) is 26.7 Å². The Labute approximate surface area is 202 Å². The van der Waals surface area contributed by atoms with Crippen LogP contribution in [0.3, 0.4) is 0 Å². The second-order valence-corrected chi connectivity index (χ2v) is 8.96. The van der Waals surface area contributed by atoms with E-state index in [0.717, 1.165) is 16.2 Å². The molecule has 0 aliphatic carbocycles. The number of ether oxygens (including phenoxy) is 1. The molecule has 0 saturated carbocycles. The van der Waals surface area contributed by atoms with E-state index in [1.165, 1.54) is 11.7 Å². The third-order valence-corrected chi connectivity index (χ3v) is 7.24. The highest BCUT2D eigenvalue weighted by Gasteiger charge is 2.41. The van der Waals surface area contributed by atoms with Gasteiger partial charge in [-0.2, -0.15) is 0 Å². The molecule has 1 aliphatic rings. The van der Waals surface area contributed by atoms with Crippen LogP contribution in [0, 0.1) is 0 Å². The van der Waals surface area contributed by atoms with Crippen molar-refractivity contribution in [1.29, 1.82) is 0 Å². The van der Waals surface area contributed by atoms with Crippen LogP contribution in [0.4, 0.5) is 5.69 Å². The number of esters is 1. The second kappa shape index (κ2) is 7.75. The summed E-state index contributed by atoms with van der Waals surface area (Å²) in [6.45, 7) is 0. The van der Waals surface area contributed by atoms with E-state index in [2.05, 4.69) is 0 Å². The molecule has 0 radical (unpaired) electrons. The van der Waals surface area contributed by atoms with Gasteiger partial charge in [0.25, 0.3) is 17.4 Å². The van der Waals surface area contributed by atoms with Crippen molar-refractivity contribution < 1.29 is 19.1 Å². The minimum Gasteiger partial charge on any atom is -0.465 e. The van der Waals surface area contributed by atoms with E-state index in [1.54, 1.807) is 60.7 Å². The van der Waals surface area contributed by atoms with Crippen LogP contribution in [-0.2, 0) is 4.74 Å². The molecule has 0 fully saturated rings. The van der Waals surface area contributed by atoms with Crippen LogP contribution in [0.1, 0.15) is 30.4 Å². The molecule has 5 aromatic rings. The number of aromatic nitrogens is 1. The summed E-state index contributed by atoms with van der Waals surface area (Å²) < 4.78 is 6.55. The molecule has 0 saturated heterocycles. The molecule has 1 aliphatic heterocycles. The van der Waals surface area contributed by atoms with Crippen LogP contribution in [0.5, 0.6) is 0 Å². The van der Waals surface area contributed by atoms with E-state index in [-0.39, 0.29) is 27.3 Å². The van der Waals surface area contributed by atoms with Crippen LogP contribution >= 0.6 is 11.3 Å². The van der Waals surface area contributed by atoms with Crippen LogP contribution in [0.25, 0.3) is 26.7 Å². The number of anilines is 1. The number of benzene rings is 3. The minimum atomic E-state index is -0.700. The first kappa shape index (κ1) is 21.0. The summed E-state index contributed by atoms with van der Waals surface area (Å²) >= 11 is 1.02. The standard InChI is InChI=1S/C27H16N2O5S/c1-34-27(33)22-21(29-24(31)18-13-7-8-14-19(18)25(29)32)20-16-11-5-6-12-17(16)23(30)28(26(20)35-22)15-9-3-2-4-10-15/h2-14H,1H3. The summed E-state index contributed by atoms with van der Waals surface area (Å²) in [5.41, 5.74) is 0.969. The Morgan fingerprint density at radius 2 is 1.34 bits per heavy atom. The first-order valence-electron chi connectivity index (χ1n) is 10.7. The smallest absolute Gasteiger partial charge is 0.350 e. The van der Waals surface area contributed by atoms with Gasteiger partial charge in [0.1, 0.15) is 9.71 Å². The van der Waals surface area contributed by atoms with Gasteiger partial charge >= 0.3 is 5.97 Å². The van der Waals surface area contributed by atoms with E-state index >= 15 is 0 Å². The Morgan fingerprint density at radius 1 is 0.771 bits per heavy atom. The number of thiophene rings is 1. The quantitative estimate of drug-likeness (QED) is 0.274. The first-order valence-corrected chi connectivity index (χ1v) is 11.6. The molecule has 35 heavy (non-hydrogen) atoms. The molecule has 3 aromatic carbocycles. The molecule has 3 heterocycles. The van der Waals surface area contributed by atoms with E-state index in [1.807, 2.05) is 18.2 Å². The fourth-order valence-electron chi connectivity index (χ4n) is 4.56. The fraction of sp³-hybridized carbons (Fsp3) is 0.0370. The number of pyridine rings is 1. The summed E-state index contributed by atoms with van der Waals surface area (Å²) in [6.07, 6.45) is 0. The molecule has 2 amide bonds. The van der Waals surface area contributed by atoms with Gasteiger partial charge in [-0.25, -0.2) is 9.69 Å². The summed E-state index contributed by atoms with van der Waals surface area (Å²) in [5.74, 6) is -1.76. The Morgan fingerprint density at radius 3 is 1.97 bits per heavy atom. The Bertz CT molecular complexity index is 1730. The predicted octanol–water partition coefficient (Wildman–Crippen LogP) is 4.79. The lowest BCUT2D eigenvalue weighted by molar-refractivity contribution is 0.0607. The molecule has 0 spiro atoms. The number of hydrogen-bond acceptors (Lipinski definition) is 6. The fourth-order valence-corrected chi connectivity index (χ4v) is 5.80. The number of methoxy groups -OCH3 is 1. The van der Waals surface area contributed by atoms with Gasteiger partial charge in [-0.1, -0.05) is 48.5 Å². The maximum atomic E-state index is 13.6. The number of imide groups is 1. The van der Waals surface area contributed by atoms with Gasteiger partial charge in [0.15, 0.2) is 0 Å². The van der Waals surface area contributed by atoms with Crippen molar-refractivity contribution in [2.75, 3.05) is 12.0 Å². The Kier molecular flexibility index (Phi) is 4.65. The topological polar surface area (TPSA) is 85.7 Å². The molecule has 0 bridgehead atoms. The first-order chi connectivity index (χ1) is 17.0. The van der Waals surface area contributed by atoms with Crippen molar-refractivity contribution in [2.45, 2.75) is 0 Å². The second-order valence-electron chi connectivity index (χ2n) is 7.96. The molecule has 2 aromatic heterocycles. The third kappa shape index (κ3) is 2.90. The largest absolute Gasteiger partial charge is 0.465 e. The molecule has 7 nitrogen and oxygen atoms in total. The van der Waals surface area contributed by atoms with Crippen LogP contribution in [0.2, 0.25) is 0 Å². The molecule has 0 unspecified atom stereocenters. The maximum Gasteiger partial charge on any atom is 0.350 e. The molecule has 8 heteroatoms. The van der Waals surface area contributed by atoms with Crippen molar-refractivity contribution in [2.24, 2.45) is 0 Å². The summed E-state index contributed by atoms with van der Waals surface area (Å²) in [4.78, 5) is 55.1. The molecule has 0 N–H and O–H groups in total. The van der Waals surface area contributed by atoms with Gasteiger partial charge in [0.2, 0.25) is 0 Å². The number of carbonyl (C=O) groups is 3. The normalized spacial score (nSPS) is 13.0. The maximum absolute atomic E-state index is 13.6. The van der Waals surface area contributed by atoms with E-state index < -0.39 is 17.8 Å². The SMILES string of the molecule is COC(=O)c1sc2c(c1N1C(=O)c3ccccc3C1=O)c1ccccc1c(=O)n2-c1ccccc1. The summed E-state index contributed by atoms with van der Waals surface area (Å²) in [7, 11) is 1.24. The lowest BCUT2D eigenvalue weighted by Crippen LogP contribution is -2.30. The third-order valence-electron chi connectivity index (χ3n) is 6.10. The van der Waals surface area contributed by atoms with Gasteiger partial charge in [-0.15, -0.1) is 11.3 Å². The highest BCUT2D eigenvalue weighted by molar-refractivity contribution is 7.21. The van der Waals surface area contributed by atoms with Crippen molar-refractivity contribution >= 4 is 55.8 Å². The average Bonchev–Trinajstić information content (AvgIpc) is 3.39. The Hall–Kier alpha value is -4.56. The van der Waals surface area contributed by atoms with Crippen molar-refractivity contribution in [1.82, 2.24) is 4.57 Å². The zero-order chi connectivity index (χ0) is 24.3. The number of rotatable bonds is 3. The molecular formula is C27H16N2O5S. The van der Waals surface area contributed by atoms with Crippen LogP contribution in [-0.4, -0.2) is 29.5 Å². The summed E-state index contributed by atoms with van der Waals surface area (Å²) in [5, 5.41) is 1.40.